The van der Waals surface area contributed by atoms with E-state index in [1.165, 1.54) is 43.2 Å². The Morgan fingerprint density at radius 1 is 0.906 bits per heavy atom. The number of allylic oxidation sites excluding steroid dienone is 3. The molecule has 32 heavy (non-hydrogen) atoms. The highest BCUT2D eigenvalue weighted by molar-refractivity contribution is 5.88. The standard InChI is InChI=1S/C31H35F/c1-3-5-6-7-26-16-20-30-28(22-26)19-21-29(31(30)32)27-17-14-25(15-18-27)13-12-24-10-8-23(4-2)9-11-24/h3-5,14-24H,2,6-13H2,1H3/b5-3+. The lowest BCUT2D eigenvalue weighted by atomic mass is 9.79. The maximum atomic E-state index is 15.3. The summed E-state index contributed by atoms with van der Waals surface area (Å²) in [5, 5.41) is 1.68. The van der Waals surface area contributed by atoms with Crippen LogP contribution in [0.5, 0.6) is 0 Å². The molecular formula is C31H35F. The predicted molar refractivity (Wildman–Crippen MR) is 136 cm³/mol. The molecule has 0 bridgehead atoms. The van der Waals surface area contributed by atoms with Gasteiger partial charge in [0.25, 0.3) is 0 Å². The Bertz CT molecular complexity index is 1070. The van der Waals surface area contributed by atoms with Gasteiger partial charge in [-0.1, -0.05) is 72.8 Å². The zero-order valence-electron chi connectivity index (χ0n) is 19.3. The molecule has 0 nitrogen and oxygen atoms in total. The Kier molecular flexibility index (Phi) is 7.58. The van der Waals surface area contributed by atoms with Crippen molar-refractivity contribution >= 4 is 10.8 Å². The van der Waals surface area contributed by atoms with Crippen LogP contribution in [0, 0.1) is 17.7 Å². The molecule has 0 radical (unpaired) electrons. The van der Waals surface area contributed by atoms with Crippen molar-refractivity contribution in [2.24, 2.45) is 11.8 Å². The van der Waals surface area contributed by atoms with E-state index in [9.17, 15) is 0 Å². The van der Waals surface area contributed by atoms with Gasteiger partial charge in [-0.15, -0.1) is 6.58 Å². The summed E-state index contributed by atoms with van der Waals surface area (Å²) in [6.07, 6.45) is 16.0. The van der Waals surface area contributed by atoms with E-state index in [0.29, 0.717) is 10.9 Å². The Morgan fingerprint density at radius 2 is 1.66 bits per heavy atom. The number of halogens is 1. The summed E-state index contributed by atoms with van der Waals surface area (Å²) in [5.74, 6) is 1.45. The van der Waals surface area contributed by atoms with E-state index in [4.69, 9.17) is 0 Å². The maximum Gasteiger partial charge on any atom is 0.138 e. The Balaban J connectivity index is 1.42. The first kappa shape index (κ1) is 22.5. The molecule has 0 unspecified atom stereocenters. The van der Waals surface area contributed by atoms with Gasteiger partial charge in [0.2, 0.25) is 0 Å². The van der Waals surface area contributed by atoms with Crippen molar-refractivity contribution in [2.45, 2.75) is 58.3 Å². The third-order valence-corrected chi connectivity index (χ3v) is 7.18. The van der Waals surface area contributed by atoms with E-state index in [2.05, 4.69) is 67.3 Å². The van der Waals surface area contributed by atoms with E-state index in [-0.39, 0.29) is 5.82 Å². The molecular weight excluding hydrogens is 391 g/mol. The van der Waals surface area contributed by atoms with Gasteiger partial charge in [-0.05, 0) is 92.2 Å². The molecule has 0 aromatic heterocycles. The average molecular weight is 427 g/mol. The fourth-order valence-corrected chi connectivity index (χ4v) is 5.07. The van der Waals surface area contributed by atoms with E-state index < -0.39 is 0 Å². The number of aryl methyl sites for hydroxylation is 2. The zero-order valence-corrected chi connectivity index (χ0v) is 19.3. The molecule has 1 fully saturated rings. The third kappa shape index (κ3) is 5.38. The van der Waals surface area contributed by atoms with E-state index in [1.807, 2.05) is 19.1 Å². The lowest BCUT2D eigenvalue weighted by Crippen LogP contribution is -2.13. The topological polar surface area (TPSA) is 0 Å². The first-order valence-corrected chi connectivity index (χ1v) is 12.2. The second-order valence-electron chi connectivity index (χ2n) is 9.34. The second kappa shape index (κ2) is 10.8. The van der Waals surface area contributed by atoms with Crippen molar-refractivity contribution in [2.75, 3.05) is 0 Å². The predicted octanol–water partition coefficient (Wildman–Crippen LogP) is 9.08. The summed E-state index contributed by atoms with van der Waals surface area (Å²) < 4.78 is 15.3. The lowest BCUT2D eigenvalue weighted by Gasteiger charge is -2.26. The molecule has 1 saturated carbocycles. The molecule has 1 heteroatoms. The summed E-state index contributed by atoms with van der Waals surface area (Å²) in [7, 11) is 0. The summed E-state index contributed by atoms with van der Waals surface area (Å²) in [4.78, 5) is 0. The summed E-state index contributed by atoms with van der Waals surface area (Å²) in [5.41, 5.74) is 4.25. The molecule has 0 aliphatic heterocycles. The highest BCUT2D eigenvalue weighted by Gasteiger charge is 2.19. The monoisotopic (exact) mass is 426 g/mol. The van der Waals surface area contributed by atoms with E-state index in [1.54, 1.807) is 0 Å². The molecule has 1 aliphatic carbocycles. The van der Waals surface area contributed by atoms with Crippen LogP contribution in [0.3, 0.4) is 0 Å². The highest BCUT2D eigenvalue weighted by atomic mass is 19.1. The van der Waals surface area contributed by atoms with Crippen molar-refractivity contribution in [3.63, 3.8) is 0 Å². The Hall–Kier alpha value is -2.67. The van der Waals surface area contributed by atoms with Crippen molar-refractivity contribution in [3.8, 4) is 11.1 Å². The smallest absolute Gasteiger partial charge is 0.138 e. The van der Waals surface area contributed by atoms with Crippen LogP contribution >= 0.6 is 0 Å². The van der Waals surface area contributed by atoms with Gasteiger partial charge in [-0.25, -0.2) is 4.39 Å². The van der Waals surface area contributed by atoms with Gasteiger partial charge < -0.3 is 0 Å². The van der Waals surface area contributed by atoms with Crippen molar-refractivity contribution < 1.29 is 4.39 Å². The molecule has 3 aromatic carbocycles. The number of hydrogen-bond donors (Lipinski definition) is 0. The minimum atomic E-state index is -0.116. The molecule has 3 aromatic rings. The largest absolute Gasteiger partial charge is 0.206 e. The number of fused-ring (bicyclic) bond motifs is 1. The molecule has 0 atom stereocenters. The molecule has 0 spiro atoms. The Labute approximate surface area is 192 Å². The van der Waals surface area contributed by atoms with Crippen LogP contribution in [0.2, 0.25) is 0 Å². The van der Waals surface area contributed by atoms with Gasteiger partial charge in [-0.2, -0.15) is 0 Å². The third-order valence-electron chi connectivity index (χ3n) is 7.18. The van der Waals surface area contributed by atoms with Crippen LogP contribution in [0.15, 0.2) is 79.4 Å². The van der Waals surface area contributed by atoms with Gasteiger partial charge in [0.15, 0.2) is 0 Å². The summed E-state index contributed by atoms with van der Waals surface area (Å²) >= 11 is 0. The molecule has 0 heterocycles. The van der Waals surface area contributed by atoms with Crippen molar-refractivity contribution in [3.05, 3.63) is 96.3 Å². The number of hydrogen-bond acceptors (Lipinski definition) is 0. The lowest BCUT2D eigenvalue weighted by molar-refractivity contribution is 0.296. The van der Waals surface area contributed by atoms with Gasteiger partial charge in [0, 0.05) is 10.9 Å². The van der Waals surface area contributed by atoms with Gasteiger partial charge in [-0.3, -0.25) is 0 Å². The molecule has 1 aliphatic rings. The maximum absolute atomic E-state index is 15.3. The van der Waals surface area contributed by atoms with Crippen molar-refractivity contribution in [1.82, 2.24) is 0 Å². The average Bonchev–Trinajstić information content (AvgIpc) is 2.84. The fourth-order valence-electron chi connectivity index (χ4n) is 5.07. The number of benzene rings is 3. The van der Waals surface area contributed by atoms with Gasteiger partial charge in [0.05, 0.1) is 0 Å². The van der Waals surface area contributed by atoms with E-state index >= 15 is 4.39 Å². The van der Waals surface area contributed by atoms with Crippen LogP contribution in [0.1, 0.15) is 56.6 Å². The zero-order chi connectivity index (χ0) is 22.3. The molecule has 0 N–H and O–H groups in total. The fraction of sp³-hybridized carbons (Fsp3) is 0.355. The number of rotatable bonds is 8. The van der Waals surface area contributed by atoms with Crippen LogP contribution in [0.25, 0.3) is 21.9 Å². The minimum absolute atomic E-state index is 0.116. The van der Waals surface area contributed by atoms with Crippen LogP contribution in [0.4, 0.5) is 4.39 Å². The first-order valence-electron chi connectivity index (χ1n) is 12.2. The Morgan fingerprint density at radius 3 is 2.38 bits per heavy atom. The SMILES string of the molecule is C=CC1CCC(CCc2ccc(-c3ccc4cc(CC/C=C/C)ccc4c3F)cc2)CC1. The quantitative estimate of drug-likeness (QED) is 0.315. The highest BCUT2D eigenvalue weighted by Crippen LogP contribution is 2.33. The normalized spacial score (nSPS) is 18.9. The van der Waals surface area contributed by atoms with Gasteiger partial charge in [0.1, 0.15) is 5.82 Å². The molecule has 166 valence electrons. The van der Waals surface area contributed by atoms with E-state index in [0.717, 1.165) is 42.0 Å². The summed E-state index contributed by atoms with van der Waals surface area (Å²) in [6, 6.07) is 18.6. The second-order valence-corrected chi connectivity index (χ2v) is 9.34. The van der Waals surface area contributed by atoms with Gasteiger partial charge >= 0.3 is 0 Å². The first-order chi connectivity index (χ1) is 15.7. The van der Waals surface area contributed by atoms with Crippen molar-refractivity contribution in [1.29, 1.82) is 0 Å². The minimum Gasteiger partial charge on any atom is -0.206 e. The van der Waals surface area contributed by atoms with Crippen LogP contribution in [-0.2, 0) is 12.8 Å². The van der Waals surface area contributed by atoms with Crippen LogP contribution < -0.4 is 0 Å². The molecule has 0 saturated heterocycles. The molecule has 4 rings (SSSR count). The van der Waals surface area contributed by atoms with Crippen LogP contribution in [-0.4, -0.2) is 0 Å². The molecule has 0 amide bonds. The summed E-state index contributed by atoms with van der Waals surface area (Å²) in [6.45, 7) is 5.99.